The summed E-state index contributed by atoms with van der Waals surface area (Å²) in [5.41, 5.74) is 0.305. The lowest BCUT2D eigenvalue weighted by molar-refractivity contribution is -0.142. The molecule has 0 saturated heterocycles. The molecule has 0 aliphatic carbocycles. The molecule has 1 aromatic rings. The summed E-state index contributed by atoms with van der Waals surface area (Å²) >= 11 is 0. The minimum absolute atomic E-state index is 0.176. The number of carbonyl (C=O) groups is 2. The number of carboxylic acids is 1. The van der Waals surface area contributed by atoms with Crippen molar-refractivity contribution in [3.05, 3.63) is 29.8 Å². The summed E-state index contributed by atoms with van der Waals surface area (Å²) in [6, 6.07) is 6.86. The van der Waals surface area contributed by atoms with E-state index in [2.05, 4.69) is 5.32 Å². The van der Waals surface area contributed by atoms with Gasteiger partial charge in [-0.3, -0.25) is 9.59 Å². The summed E-state index contributed by atoms with van der Waals surface area (Å²) < 4.78 is 0. The molecule has 0 heterocycles. The Bertz CT molecular complexity index is 424. The first-order valence-electron chi connectivity index (χ1n) is 4.95. The number of amides is 1. The van der Waals surface area contributed by atoms with Crippen LogP contribution in [-0.2, 0) is 15.0 Å². The van der Waals surface area contributed by atoms with Gasteiger partial charge in [0.1, 0.15) is 0 Å². The second-order valence-electron chi connectivity index (χ2n) is 4.19. The molecule has 0 bridgehead atoms. The van der Waals surface area contributed by atoms with Gasteiger partial charge in [0.25, 0.3) is 0 Å². The Balaban J connectivity index is 3.07. The molecule has 0 saturated carbocycles. The van der Waals surface area contributed by atoms with Gasteiger partial charge < -0.3 is 10.4 Å². The van der Waals surface area contributed by atoms with Gasteiger partial charge >= 0.3 is 5.97 Å². The van der Waals surface area contributed by atoms with Crippen LogP contribution in [-0.4, -0.2) is 17.0 Å². The lowest BCUT2D eigenvalue weighted by atomic mass is 9.84. The van der Waals surface area contributed by atoms with Crippen LogP contribution in [0.25, 0.3) is 0 Å². The molecule has 1 rings (SSSR count). The van der Waals surface area contributed by atoms with Crippen LogP contribution in [0.5, 0.6) is 0 Å². The number of rotatable bonds is 3. The number of aliphatic carboxylic acids is 1. The van der Waals surface area contributed by atoms with E-state index >= 15 is 0 Å². The van der Waals surface area contributed by atoms with Crippen LogP contribution in [0, 0.1) is 0 Å². The minimum Gasteiger partial charge on any atom is -0.481 e. The molecule has 0 fully saturated rings. The van der Waals surface area contributed by atoms with Crippen molar-refractivity contribution in [2.24, 2.45) is 0 Å². The zero-order valence-corrected chi connectivity index (χ0v) is 9.57. The van der Waals surface area contributed by atoms with Crippen LogP contribution < -0.4 is 5.32 Å². The van der Waals surface area contributed by atoms with Crippen molar-refractivity contribution >= 4 is 17.6 Å². The van der Waals surface area contributed by atoms with E-state index in [9.17, 15) is 9.59 Å². The van der Waals surface area contributed by atoms with E-state index in [-0.39, 0.29) is 5.91 Å². The molecule has 2 N–H and O–H groups in total. The average molecular weight is 221 g/mol. The van der Waals surface area contributed by atoms with Crippen LogP contribution in [0.2, 0.25) is 0 Å². The Hall–Kier alpha value is -1.84. The van der Waals surface area contributed by atoms with E-state index in [1.54, 1.807) is 38.1 Å². The third-order valence-electron chi connectivity index (χ3n) is 2.44. The maximum Gasteiger partial charge on any atom is 0.313 e. The third-order valence-corrected chi connectivity index (χ3v) is 2.44. The normalized spacial score (nSPS) is 10.9. The standard InChI is InChI=1S/C12H15NO3/c1-8(14)13-10-6-4-5-9(7-10)12(2,3)11(15)16/h4-7H,1-3H3,(H,13,14)(H,15,16). The predicted octanol–water partition coefficient (Wildman–Crippen LogP) is 2.01. The zero-order chi connectivity index (χ0) is 12.3. The molecule has 0 aliphatic rings. The number of nitrogens with one attached hydrogen (secondary N) is 1. The SMILES string of the molecule is CC(=O)Nc1cccc(C(C)(C)C(=O)O)c1. The Labute approximate surface area is 94.3 Å². The number of anilines is 1. The van der Waals surface area contributed by atoms with Crippen LogP contribution >= 0.6 is 0 Å². The number of carbonyl (C=O) groups excluding carboxylic acids is 1. The lowest BCUT2D eigenvalue weighted by Gasteiger charge is -2.20. The van der Waals surface area contributed by atoms with E-state index in [1.807, 2.05) is 0 Å². The van der Waals surface area contributed by atoms with Crippen LogP contribution in [0.4, 0.5) is 5.69 Å². The molecule has 0 radical (unpaired) electrons. The summed E-state index contributed by atoms with van der Waals surface area (Å²) in [6.45, 7) is 4.67. The first-order chi connectivity index (χ1) is 7.34. The van der Waals surface area contributed by atoms with E-state index < -0.39 is 11.4 Å². The molecule has 0 spiro atoms. The summed E-state index contributed by atoms with van der Waals surface area (Å²) in [7, 11) is 0. The lowest BCUT2D eigenvalue weighted by Crippen LogP contribution is -2.28. The first-order valence-corrected chi connectivity index (χ1v) is 4.95. The molecular formula is C12H15NO3. The highest BCUT2D eigenvalue weighted by molar-refractivity contribution is 5.89. The number of hydrogen-bond donors (Lipinski definition) is 2. The molecule has 0 atom stereocenters. The zero-order valence-electron chi connectivity index (χ0n) is 9.57. The second kappa shape index (κ2) is 4.35. The minimum atomic E-state index is -0.964. The Morgan fingerprint density at radius 2 is 1.94 bits per heavy atom. The van der Waals surface area contributed by atoms with Gasteiger partial charge in [0.2, 0.25) is 5.91 Å². The van der Waals surface area contributed by atoms with Gasteiger partial charge in [0, 0.05) is 12.6 Å². The quantitative estimate of drug-likeness (QED) is 0.820. The predicted molar refractivity (Wildman–Crippen MR) is 61.4 cm³/mol. The van der Waals surface area contributed by atoms with Crippen LogP contribution in [0.15, 0.2) is 24.3 Å². The van der Waals surface area contributed by atoms with Crippen molar-refractivity contribution in [2.75, 3.05) is 5.32 Å². The highest BCUT2D eigenvalue weighted by atomic mass is 16.4. The van der Waals surface area contributed by atoms with E-state index in [1.165, 1.54) is 6.92 Å². The van der Waals surface area contributed by atoms with Gasteiger partial charge in [-0.1, -0.05) is 12.1 Å². The highest BCUT2D eigenvalue weighted by Crippen LogP contribution is 2.25. The molecule has 1 amide bonds. The van der Waals surface area contributed by atoms with Crippen molar-refractivity contribution in [3.8, 4) is 0 Å². The van der Waals surface area contributed by atoms with E-state index in [0.717, 1.165) is 0 Å². The van der Waals surface area contributed by atoms with Crippen molar-refractivity contribution < 1.29 is 14.7 Å². The molecule has 0 unspecified atom stereocenters. The fourth-order valence-electron chi connectivity index (χ4n) is 1.31. The number of carboxylic acid groups (broad SMARTS) is 1. The van der Waals surface area contributed by atoms with Crippen LogP contribution in [0.1, 0.15) is 26.3 Å². The maximum absolute atomic E-state index is 11.1. The fourth-order valence-corrected chi connectivity index (χ4v) is 1.31. The van der Waals surface area contributed by atoms with Gasteiger partial charge in [0.15, 0.2) is 0 Å². The largest absolute Gasteiger partial charge is 0.481 e. The van der Waals surface area contributed by atoms with Gasteiger partial charge in [-0.15, -0.1) is 0 Å². The smallest absolute Gasteiger partial charge is 0.313 e. The second-order valence-corrected chi connectivity index (χ2v) is 4.19. The molecule has 4 nitrogen and oxygen atoms in total. The van der Waals surface area contributed by atoms with Crippen molar-refractivity contribution in [2.45, 2.75) is 26.2 Å². The van der Waals surface area contributed by atoms with E-state index in [4.69, 9.17) is 5.11 Å². The number of benzene rings is 1. The average Bonchev–Trinajstić information content (AvgIpc) is 2.16. The maximum atomic E-state index is 11.1. The van der Waals surface area contributed by atoms with Crippen molar-refractivity contribution in [3.63, 3.8) is 0 Å². The molecular weight excluding hydrogens is 206 g/mol. The molecule has 0 aromatic heterocycles. The van der Waals surface area contributed by atoms with Gasteiger partial charge in [0.05, 0.1) is 5.41 Å². The summed E-state index contributed by atoms with van der Waals surface area (Å²) in [5, 5.41) is 11.7. The van der Waals surface area contributed by atoms with Gasteiger partial charge in [-0.25, -0.2) is 0 Å². The van der Waals surface area contributed by atoms with E-state index in [0.29, 0.717) is 11.3 Å². The monoisotopic (exact) mass is 221 g/mol. The Morgan fingerprint density at radius 3 is 2.44 bits per heavy atom. The van der Waals surface area contributed by atoms with Gasteiger partial charge in [-0.05, 0) is 31.5 Å². The highest BCUT2D eigenvalue weighted by Gasteiger charge is 2.29. The Morgan fingerprint density at radius 1 is 1.31 bits per heavy atom. The topological polar surface area (TPSA) is 66.4 Å². The molecule has 4 heteroatoms. The molecule has 1 aromatic carbocycles. The van der Waals surface area contributed by atoms with Gasteiger partial charge in [-0.2, -0.15) is 0 Å². The fraction of sp³-hybridized carbons (Fsp3) is 0.333. The van der Waals surface area contributed by atoms with Crippen molar-refractivity contribution in [1.82, 2.24) is 0 Å². The molecule has 86 valence electrons. The van der Waals surface area contributed by atoms with Crippen LogP contribution in [0.3, 0.4) is 0 Å². The molecule has 0 aliphatic heterocycles. The Kier molecular flexibility index (Phi) is 3.32. The summed E-state index contributed by atoms with van der Waals surface area (Å²) in [4.78, 5) is 21.9. The number of hydrogen-bond acceptors (Lipinski definition) is 2. The summed E-state index contributed by atoms with van der Waals surface area (Å²) in [5.74, 6) is -1.07. The first kappa shape index (κ1) is 12.2. The summed E-state index contributed by atoms with van der Waals surface area (Å²) in [6.07, 6.45) is 0. The third kappa shape index (κ3) is 2.59. The molecule has 16 heavy (non-hydrogen) atoms. The van der Waals surface area contributed by atoms with Crippen molar-refractivity contribution in [1.29, 1.82) is 0 Å².